The highest BCUT2D eigenvalue weighted by molar-refractivity contribution is 5.69. The molecule has 1 heterocycles. The molecule has 0 spiro atoms. The first kappa shape index (κ1) is 16.8. The zero-order chi connectivity index (χ0) is 16.9. The van der Waals surface area contributed by atoms with Crippen molar-refractivity contribution < 1.29 is 19.4 Å². The van der Waals surface area contributed by atoms with Gasteiger partial charge < -0.3 is 14.7 Å². The van der Waals surface area contributed by atoms with Gasteiger partial charge in [0.25, 0.3) is 0 Å². The molecule has 6 nitrogen and oxygen atoms in total. The minimum Gasteiger partial charge on any atom is -0.480 e. The van der Waals surface area contributed by atoms with Crippen LogP contribution in [0.3, 0.4) is 0 Å². The number of benzene rings is 1. The molecule has 1 saturated carbocycles. The van der Waals surface area contributed by atoms with Crippen LogP contribution in [-0.4, -0.2) is 58.7 Å². The maximum Gasteiger partial charge on any atom is 0.410 e. The van der Waals surface area contributed by atoms with Crippen LogP contribution in [0, 0.1) is 0 Å². The summed E-state index contributed by atoms with van der Waals surface area (Å²) in [5.74, 6) is -0.772. The van der Waals surface area contributed by atoms with Crippen LogP contribution >= 0.6 is 0 Å². The molecule has 1 aromatic rings. The molecule has 0 bridgehead atoms. The van der Waals surface area contributed by atoms with E-state index in [0.717, 1.165) is 31.2 Å². The van der Waals surface area contributed by atoms with Gasteiger partial charge in [-0.3, -0.25) is 9.69 Å². The second-order valence-corrected chi connectivity index (χ2v) is 6.56. The highest BCUT2D eigenvalue weighted by Crippen LogP contribution is 2.31. The van der Waals surface area contributed by atoms with Crippen molar-refractivity contribution in [3.05, 3.63) is 35.9 Å². The zero-order valence-corrected chi connectivity index (χ0v) is 13.8. The van der Waals surface area contributed by atoms with Crippen LogP contribution in [0.5, 0.6) is 0 Å². The lowest BCUT2D eigenvalue weighted by atomic mass is 10.0. The monoisotopic (exact) mass is 332 g/mol. The van der Waals surface area contributed by atoms with Gasteiger partial charge in [0.05, 0.1) is 6.54 Å². The molecular weight excluding hydrogens is 308 g/mol. The summed E-state index contributed by atoms with van der Waals surface area (Å²) in [4.78, 5) is 27.1. The molecule has 1 aliphatic heterocycles. The van der Waals surface area contributed by atoms with Crippen LogP contribution in [0.2, 0.25) is 0 Å². The average molecular weight is 332 g/mol. The van der Waals surface area contributed by atoms with Crippen LogP contribution in [0.1, 0.15) is 31.2 Å². The number of piperidine rings is 1. The average Bonchev–Trinajstić information content (AvgIpc) is 3.43. The van der Waals surface area contributed by atoms with Gasteiger partial charge in [-0.05, 0) is 31.2 Å². The molecule has 2 fully saturated rings. The summed E-state index contributed by atoms with van der Waals surface area (Å²) in [6.07, 6.45) is 3.52. The maximum absolute atomic E-state index is 12.2. The molecule has 0 unspecified atom stereocenters. The first-order valence-electron chi connectivity index (χ1n) is 8.56. The van der Waals surface area contributed by atoms with E-state index in [1.807, 2.05) is 30.3 Å². The first-order chi connectivity index (χ1) is 11.6. The number of aliphatic carboxylic acids is 1. The number of carboxylic acid groups (broad SMARTS) is 1. The van der Waals surface area contributed by atoms with E-state index in [0.29, 0.717) is 19.1 Å². The predicted molar refractivity (Wildman–Crippen MR) is 88.6 cm³/mol. The van der Waals surface area contributed by atoms with Gasteiger partial charge >= 0.3 is 12.1 Å². The minimum atomic E-state index is -0.772. The minimum absolute atomic E-state index is 0.105. The van der Waals surface area contributed by atoms with Crippen LogP contribution in [0.25, 0.3) is 0 Å². The standard InChI is InChI=1S/C18H24N2O4/c21-17(22)12-20(15-6-7-15)16-8-10-19(11-9-16)18(23)24-13-14-4-2-1-3-5-14/h1-5,15-16H,6-13H2,(H,21,22). The summed E-state index contributed by atoms with van der Waals surface area (Å²) >= 11 is 0. The number of carboxylic acids is 1. The van der Waals surface area contributed by atoms with Crippen molar-refractivity contribution in [2.45, 2.75) is 44.4 Å². The summed E-state index contributed by atoms with van der Waals surface area (Å²) < 4.78 is 5.37. The number of hydrogen-bond acceptors (Lipinski definition) is 4. The quantitative estimate of drug-likeness (QED) is 0.866. The Morgan fingerprint density at radius 2 is 1.71 bits per heavy atom. The van der Waals surface area contributed by atoms with E-state index in [9.17, 15) is 9.59 Å². The molecule has 0 aromatic heterocycles. The zero-order valence-electron chi connectivity index (χ0n) is 13.8. The largest absolute Gasteiger partial charge is 0.480 e. The summed E-state index contributed by atoms with van der Waals surface area (Å²) in [7, 11) is 0. The lowest BCUT2D eigenvalue weighted by Gasteiger charge is -2.37. The number of nitrogens with zero attached hydrogens (tertiary/aromatic N) is 2. The molecule has 0 radical (unpaired) electrons. The summed E-state index contributed by atoms with van der Waals surface area (Å²) in [6, 6.07) is 10.3. The first-order valence-corrected chi connectivity index (χ1v) is 8.56. The third-order valence-electron chi connectivity index (χ3n) is 4.73. The molecule has 1 N–H and O–H groups in total. The number of rotatable bonds is 6. The molecular formula is C18H24N2O4. The molecule has 2 aliphatic rings. The van der Waals surface area contributed by atoms with Gasteiger partial charge in [-0.1, -0.05) is 30.3 Å². The summed E-state index contributed by atoms with van der Waals surface area (Å²) in [5, 5.41) is 9.08. The third-order valence-corrected chi connectivity index (χ3v) is 4.73. The predicted octanol–water partition coefficient (Wildman–Crippen LogP) is 2.34. The molecule has 130 valence electrons. The Hall–Kier alpha value is -2.08. The van der Waals surface area contributed by atoms with Crippen LogP contribution in [0.4, 0.5) is 4.79 Å². The molecule has 6 heteroatoms. The molecule has 24 heavy (non-hydrogen) atoms. The van der Waals surface area contributed by atoms with Crippen molar-refractivity contribution in [3.63, 3.8) is 0 Å². The van der Waals surface area contributed by atoms with Crippen LogP contribution in [-0.2, 0) is 16.1 Å². The van der Waals surface area contributed by atoms with E-state index in [-0.39, 0.29) is 25.3 Å². The van der Waals surface area contributed by atoms with Crippen LogP contribution < -0.4 is 0 Å². The smallest absolute Gasteiger partial charge is 0.410 e. The summed E-state index contributed by atoms with van der Waals surface area (Å²) in [5.41, 5.74) is 0.974. The second kappa shape index (κ2) is 7.66. The molecule has 0 atom stereocenters. The Morgan fingerprint density at radius 3 is 2.29 bits per heavy atom. The van der Waals surface area contributed by atoms with Gasteiger partial charge in [0.1, 0.15) is 6.61 Å². The normalized spacial score (nSPS) is 18.6. The second-order valence-electron chi connectivity index (χ2n) is 6.56. The SMILES string of the molecule is O=C(O)CN(C1CC1)C1CCN(C(=O)OCc2ccccc2)CC1. The molecule has 1 aromatic carbocycles. The van der Waals surface area contributed by atoms with E-state index in [4.69, 9.17) is 9.84 Å². The van der Waals surface area contributed by atoms with Crippen molar-refractivity contribution in [1.82, 2.24) is 9.80 Å². The molecule has 1 aliphatic carbocycles. The van der Waals surface area contributed by atoms with E-state index in [2.05, 4.69) is 4.90 Å². The number of amides is 1. The Bertz CT molecular complexity index is 566. The Labute approximate surface area is 142 Å². The van der Waals surface area contributed by atoms with Crippen LogP contribution in [0.15, 0.2) is 30.3 Å². The number of hydrogen-bond donors (Lipinski definition) is 1. The number of carbonyl (C=O) groups excluding carboxylic acids is 1. The number of likely N-dealkylation sites (tertiary alicyclic amines) is 1. The maximum atomic E-state index is 12.2. The summed E-state index contributed by atoms with van der Waals surface area (Å²) in [6.45, 7) is 1.64. The fraction of sp³-hybridized carbons (Fsp3) is 0.556. The van der Waals surface area contributed by atoms with Crippen molar-refractivity contribution in [2.75, 3.05) is 19.6 Å². The Balaban J connectivity index is 1.45. The van der Waals surface area contributed by atoms with Gasteiger partial charge in [0.2, 0.25) is 0 Å². The highest BCUT2D eigenvalue weighted by Gasteiger charge is 2.37. The third kappa shape index (κ3) is 4.47. The molecule has 1 amide bonds. The van der Waals surface area contributed by atoms with Gasteiger partial charge in [-0.15, -0.1) is 0 Å². The van der Waals surface area contributed by atoms with Crippen molar-refractivity contribution >= 4 is 12.1 Å². The molecule has 1 saturated heterocycles. The number of carbonyl (C=O) groups is 2. The Kier molecular flexibility index (Phi) is 5.35. The number of ether oxygens (including phenoxy) is 1. The fourth-order valence-corrected chi connectivity index (χ4v) is 3.31. The van der Waals surface area contributed by atoms with Crippen molar-refractivity contribution in [1.29, 1.82) is 0 Å². The lowest BCUT2D eigenvalue weighted by molar-refractivity contribution is -0.139. The topological polar surface area (TPSA) is 70.1 Å². The van der Waals surface area contributed by atoms with E-state index in [1.165, 1.54) is 0 Å². The van der Waals surface area contributed by atoms with Crippen molar-refractivity contribution in [3.8, 4) is 0 Å². The molecule has 3 rings (SSSR count). The van der Waals surface area contributed by atoms with Crippen molar-refractivity contribution in [2.24, 2.45) is 0 Å². The fourth-order valence-electron chi connectivity index (χ4n) is 3.31. The highest BCUT2D eigenvalue weighted by atomic mass is 16.6. The van der Waals surface area contributed by atoms with Gasteiger partial charge in [0, 0.05) is 25.2 Å². The van der Waals surface area contributed by atoms with E-state index < -0.39 is 5.97 Å². The van der Waals surface area contributed by atoms with E-state index in [1.54, 1.807) is 4.90 Å². The van der Waals surface area contributed by atoms with Gasteiger partial charge in [-0.25, -0.2) is 4.79 Å². The van der Waals surface area contributed by atoms with Gasteiger partial charge in [0.15, 0.2) is 0 Å². The Morgan fingerprint density at radius 1 is 1.08 bits per heavy atom. The lowest BCUT2D eigenvalue weighted by Crippen LogP contribution is -2.49. The van der Waals surface area contributed by atoms with Gasteiger partial charge in [-0.2, -0.15) is 0 Å². The van der Waals surface area contributed by atoms with E-state index >= 15 is 0 Å².